The Hall–Kier alpha value is -2.81. The molecule has 0 amide bonds. The predicted molar refractivity (Wildman–Crippen MR) is 114 cm³/mol. The van der Waals surface area contributed by atoms with Crippen molar-refractivity contribution in [3.63, 3.8) is 0 Å². The third-order valence-corrected chi connectivity index (χ3v) is 4.89. The summed E-state index contributed by atoms with van der Waals surface area (Å²) < 4.78 is 21.6. The van der Waals surface area contributed by atoms with Crippen molar-refractivity contribution in [2.75, 3.05) is 45.8 Å². The van der Waals surface area contributed by atoms with Crippen LogP contribution in [-0.2, 0) is 6.54 Å². The van der Waals surface area contributed by atoms with E-state index in [2.05, 4.69) is 37.3 Å². The Labute approximate surface area is 177 Å². The van der Waals surface area contributed by atoms with E-state index >= 15 is 0 Å². The molecule has 1 aromatic heterocycles. The average Bonchev–Trinajstić information content (AvgIpc) is 2.77. The number of rotatable bonds is 10. The van der Waals surface area contributed by atoms with Crippen molar-refractivity contribution in [2.45, 2.75) is 39.3 Å². The van der Waals surface area contributed by atoms with Crippen LogP contribution in [0.4, 0.5) is 5.95 Å². The lowest BCUT2D eigenvalue weighted by Crippen LogP contribution is -2.39. The van der Waals surface area contributed by atoms with Crippen molar-refractivity contribution in [3.8, 4) is 23.5 Å². The second kappa shape index (κ2) is 10.8. The smallest absolute Gasteiger partial charge is 0.324 e. The number of hydrogen-bond acceptors (Lipinski definition) is 9. The van der Waals surface area contributed by atoms with Crippen molar-refractivity contribution < 1.29 is 18.9 Å². The monoisotopic (exact) mass is 417 g/mol. The molecule has 1 aliphatic heterocycles. The van der Waals surface area contributed by atoms with Crippen LogP contribution in [0.25, 0.3) is 0 Å². The van der Waals surface area contributed by atoms with Crippen LogP contribution >= 0.6 is 0 Å². The van der Waals surface area contributed by atoms with Crippen LogP contribution in [0.5, 0.6) is 23.5 Å². The Morgan fingerprint density at radius 1 is 0.933 bits per heavy atom. The van der Waals surface area contributed by atoms with Crippen LogP contribution in [0.2, 0.25) is 0 Å². The lowest BCUT2D eigenvalue weighted by molar-refractivity contribution is 0.210. The van der Waals surface area contributed by atoms with Crippen molar-refractivity contribution in [1.82, 2.24) is 19.9 Å². The number of anilines is 1. The van der Waals surface area contributed by atoms with E-state index in [1.165, 1.54) is 19.8 Å². The first-order chi connectivity index (χ1) is 14.6. The van der Waals surface area contributed by atoms with E-state index in [0.29, 0.717) is 19.2 Å². The molecule has 1 fully saturated rings. The first-order valence-corrected chi connectivity index (χ1v) is 10.4. The number of ether oxygens (including phenoxy) is 4. The molecule has 0 radical (unpaired) electrons. The minimum Gasteiger partial charge on any atom is -0.490 e. The zero-order valence-electron chi connectivity index (χ0n) is 18.2. The average molecular weight is 418 g/mol. The fraction of sp³-hybridized carbons (Fsp3) is 0.571. The number of methoxy groups -OCH3 is 2. The Morgan fingerprint density at radius 3 is 2.17 bits per heavy atom. The molecule has 9 heteroatoms. The maximum absolute atomic E-state index is 5.75. The SMILES string of the molecule is CCOc1ccc(CN2CCC(Nc3nc(OC)nc(OC)n3)CC2)cc1OCC. The van der Waals surface area contributed by atoms with Gasteiger partial charge in [-0.05, 0) is 44.4 Å². The lowest BCUT2D eigenvalue weighted by Gasteiger charge is -2.32. The van der Waals surface area contributed by atoms with Gasteiger partial charge in [-0.2, -0.15) is 9.97 Å². The molecule has 3 rings (SSSR count). The van der Waals surface area contributed by atoms with Crippen molar-refractivity contribution in [3.05, 3.63) is 23.8 Å². The molecule has 0 aliphatic carbocycles. The summed E-state index contributed by atoms with van der Waals surface area (Å²) in [7, 11) is 3.05. The van der Waals surface area contributed by atoms with Gasteiger partial charge in [0.25, 0.3) is 0 Å². The molecule has 0 bridgehead atoms. The van der Waals surface area contributed by atoms with E-state index in [4.69, 9.17) is 18.9 Å². The zero-order valence-corrected chi connectivity index (χ0v) is 18.2. The van der Waals surface area contributed by atoms with E-state index in [-0.39, 0.29) is 18.1 Å². The number of aromatic nitrogens is 3. The van der Waals surface area contributed by atoms with Gasteiger partial charge in [-0.1, -0.05) is 6.07 Å². The molecule has 0 unspecified atom stereocenters. The largest absolute Gasteiger partial charge is 0.490 e. The van der Waals surface area contributed by atoms with Crippen LogP contribution in [0.1, 0.15) is 32.3 Å². The topological polar surface area (TPSA) is 90.9 Å². The number of benzene rings is 1. The summed E-state index contributed by atoms with van der Waals surface area (Å²) in [6.45, 7) is 8.05. The fourth-order valence-corrected chi connectivity index (χ4v) is 3.46. The Balaban J connectivity index is 1.55. The number of nitrogens with one attached hydrogen (secondary N) is 1. The second-order valence-corrected chi connectivity index (χ2v) is 6.97. The molecule has 164 valence electrons. The van der Waals surface area contributed by atoms with E-state index in [1.54, 1.807) is 0 Å². The zero-order chi connectivity index (χ0) is 21.3. The summed E-state index contributed by atoms with van der Waals surface area (Å²) in [6.07, 6.45) is 1.98. The highest BCUT2D eigenvalue weighted by Gasteiger charge is 2.21. The van der Waals surface area contributed by atoms with Crippen LogP contribution in [-0.4, -0.2) is 66.4 Å². The lowest BCUT2D eigenvalue weighted by atomic mass is 10.0. The molecule has 9 nitrogen and oxygen atoms in total. The summed E-state index contributed by atoms with van der Waals surface area (Å²) >= 11 is 0. The Kier molecular flexibility index (Phi) is 7.89. The van der Waals surface area contributed by atoms with E-state index in [0.717, 1.165) is 44.0 Å². The molecule has 1 N–H and O–H groups in total. The quantitative estimate of drug-likeness (QED) is 0.626. The maximum Gasteiger partial charge on any atom is 0.324 e. The predicted octanol–water partition coefficient (Wildman–Crippen LogP) is 2.76. The van der Waals surface area contributed by atoms with Gasteiger partial charge in [0, 0.05) is 25.7 Å². The van der Waals surface area contributed by atoms with Crippen LogP contribution < -0.4 is 24.3 Å². The minimum atomic E-state index is 0.238. The number of nitrogens with zero attached hydrogens (tertiary/aromatic N) is 4. The van der Waals surface area contributed by atoms with Gasteiger partial charge in [0.05, 0.1) is 27.4 Å². The van der Waals surface area contributed by atoms with Gasteiger partial charge in [-0.15, -0.1) is 4.98 Å². The van der Waals surface area contributed by atoms with Gasteiger partial charge < -0.3 is 24.3 Å². The normalized spacial score (nSPS) is 14.9. The molecule has 2 aromatic rings. The van der Waals surface area contributed by atoms with Crippen LogP contribution in [0, 0.1) is 0 Å². The van der Waals surface area contributed by atoms with Crippen LogP contribution in [0.15, 0.2) is 18.2 Å². The van der Waals surface area contributed by atoms with Gasteiger partial charge in [0.1, 0.15) is 0 Å². The standard InChI is InChI=1S/C21H31N5O4/c1-5-29-17-8-7-15(13-18(17)30-6-2)14-26-11-9-16(10-12-26)22-19-23-20(27-3)25-21(24-19)28-4/h7-8,13,16H,5-6,9-12,14H2,1-4H3,(H,22,23,24,25). The Morgan fingerprint density at radius 2 is 1.57 bits per heavy atom. The third kappa shape index (κ3) is 5.85. The van der Waals surface area contributed by atoms with Gasteiger partial charge >= 0.3 is 12.0 Å². The highest BCUT2D eigenvalue weighted by Crippen LogP contribution is 2.29. The molecule has 0 saturated carbocycles. The minimum absolute atomic E-state index is 0.238. The van der Waals surface area contributed by atoms with Crippen molar-refractivity contribution in [2.24, 2.45) is 0 Å². The Bertz CT molecular complexity index is 790. The summed E-state index contributed by atoms with van der Waals surface area (Å²) in [4.78, 5) is 15.0. The van der Waals surface area contributed by atoms with Crippen molar-refractivity contribution in [1.29, 1.82) is 0 Å². The third-order valence-electron chi connectivity index (χ3n) is 4.89. The molecular formula is C21H31N5O4. The summed E-state index contributed by atoms with van der Waals surface area (Å²) in [5, 5.41) is 3.38. The molecule has 1 aliphatic rings. The van der Waals surface area contributed by atoms with Gasteiger partial charge in [0.15, 0.2) is 11.5 Å². The van der Waals surface area contributed by atoms with Crippen molar-refractivity contribution >= 4 is 5.95 Å². The molecule has 0 spiro atoms. The van der Waals surface area contributed by atoms with E-state index in [1.807, 2.05) is 19.9 Å². The molecule has 2 heterocycles. The number of likely N-dealkylation sites (tertiary alicyclic amines) is 1. The van der Waals surface area contributed by atoms with E-state index < -0.39 is 0 Å². The van der Waals surface area contributed by atoms with Gasteiger partial charge in [0.2, 0.25) is 5.95 Å². The molecular weight excluding hydrogens is 386 g/mol. The summed E-state index contributed by atoms with van der Waals surface area (Å²) in [5.74, 6) is 2.09. The first kappa shape index (κ1) is 21.9. The molecule has 30 heavy (non-hydrogen) atoms. The highest BCUT2D eigenvalue weighted by molar-refractivity contribution is 5.43. The summed E-state index contributed by atoms with van der Waals surface area (Å²) in [5.41, 5.74) is 1.22. The van der Waals surface area contributed by atoms with Gasteiger partial charge in [-0.25, -0.2) is 0 Å². The second-order valence-electron chi connectivity index (χ2n) is 6.97. The van der Waals surface area contributed by atoms with Gasteiger partial charge in [-0.3, -0.25) is 4.90 Å². The molecule has 0 atom stereocenters. The summed E-state index contributed by atoms with van der Waals surface area (Å²) in [6, 6.07) is 6.96. The number of hydrogen-bond donors (Lipinski definition) is 1. The maximum atomic E-state index is 5.75. The van der Waals surface area contributed by atoms with Crippen LogP contribution in [0.3, 0.4) is 0 Å². The van der Waals surface area contributed by atoms with E-state index in [9.17, 15) is 0 Å². The number of piperidine rings is 1. The molecule has 1 saturated heterocycles. The fourth-order valence-electron chi connectivity index (χ4n) is 3.46. The first-order valence-electron chi connectivity index (χ1n) is 10.4. The molecule has 1 aromatic carbocycles. The highest BCUT2D eigenvalue weighted by atomic mass is 16.5.